The van der Waals surface area contributed by atoms with Crippen LogP contribution < -0.4 is 10.6 Å². The van der Waals surface area contributed by atoms with Crippen LogP contribution in [0.25, 0.3) is 22.4 Å². The zero-order chi connectivity index (χ0) is 25.8. The Balaban J connectivity index is 1.58. The number of sulfone groups is 1. The highest BCUT2D eigenvalue weighted by molar-refractivity contribution is 7.90. The first kappa shape index (κ1) is 23.8. The van der Waals surface area contributed by atoms with E-state index in [9.17, 15) is 26.4 Å². The first-order chi connectivity index (χ1) is 17.0. The molecule has 0 bridgehead atoms. The fourth-order valence-corrected chi connectivity index (χ4v) is 4.58. The Bertz CT molecular complexity index is 1600. The van der Waals surface area contributed by atoms with Gasteiger partial charge in [-0.3, -0.25) is 4.79 Å². The number of fused-ring (bicyclic) bond motifs is 1. The minimum Gasteiger partial charge on any atom is -0.352 e. The molecule has 1 fully saturated rings. The molecule has 0 spiro atoms. The lowest BCUT2D eigenvalue weighted by Crippen LogP contribution is -2.16. The van der Waals surface area contributed by atoms with Crippen LogP contribution >= 0.6 is 0 Å². The van der Waals surface area contributed by atoms with Crippen LogP contribution in [-0.2, 0) is 21.7 Å². The number of halogens is 3. The number of alkyl halides is 3. The number of amides is 1. The normalized spacial score (nSPS) is 17.5. The van der Waals surface area contributed by atoms with Crippen LogP contribution in [0.1, 0.15) is 18.7 Å². The number of nitrogens with zero attached hydrogens (tertiary/aromatic N) is 4. The van der Waals surface area contributed by atoms with Gasteiger partial charge in [0.2, 0.25) is 5.91 Å². The summed E-state index contributed by atoms with van der Waals surface area (Å²) in [7, 11) is -1.97. The molecule has 14 heteroatoms. The molecule has 0 saturated heterocycles. The maximum Gasteiger partial charge on any atom is 0.295 e. The van der Waals surface area contributed by atoms with Gasteiger partial charge in [0.05, 0.1) is 34.2 Å². The minimum atomic E-state index is -3.75. The first-order valence-corrected chi connectivity index (χ1v) is 12.6. The van der Waals surface area contributed by atoms with Crippen LogP contribution in [0.2, 0.25) is 0 Å². The van der Waals surface area contributed by atoms with Gasteiger partial charge in [-0.15, -0.1) is 0 Å². The molecule has 0 unspecified atom stereocenters. The lowest BCUT2D eigenvalue weighted by atomic mass is 10.1. The number of imidazole rings is 2. The lowest BCUT2D eigenvalue weighted by molar-refractivity contribution is -0.117. The van der Waals surface area contributed by atoms with Crippen molar-refractivity contribution >= 4 is 44.1 Å². The summed E-state index contributed by atoms with van der Waals surface area (Å²) in [6, 6.07) is 5.95. The third-order valence-corrected chi connectivity index (χ3v) is 6.77. The van der Waals surface area contributed by atoms with E-state index < -0.39 is 40.1 Å². The highest BCUT2D eigenvalue weighted by atomic mass is 32.2. The van der Waals surface area contributed by atoms with Crippen molar-refractivity contribution in [1.82, 2.24) is 24.5 Å². The summed E-state index contributed by atoms with van der Waals surface area (Å²) >= 11 is 0. The van der Waals surface area contributed by atoms with E-state index in [-0.39, 0.29) is 39.7 Å². The van der Waals surface area contributed by atoms with Gasteiger partial charge < -0.3 is 20.2 Å². The molecule has 3 aromatic heterocycles. The van der Waals surface area contributed by atoms with Crippen molar-refractivity contribution in [3.63, 3.8) is 0 Å². The van der Waals surface area contributed by atoms with Crippen LogP contribution in [0.3, 0.4) is 0 Å². The maximum absolute atomic E-state index is 13.3. The van der Waals surface area contributed by atoms with E-state index in [1.54, 1.807) is 30.2 Å². The second-order valence-electron chi connectivity index (χ2n) is 8.55. The zero-order valence-corrected chi connectivity index (χ0v) is 19.8. The number of benzene rings is 1. The Morgan fingerprint density at radius 2 is 1.97 bits per heavy atom. The molecule has 1 aliphatic carbocycles. The number of aromatic nitrogens is 5. The largest absolute Gasteiger partial charge is 0.352 e. The Morgan fingerprint density at radius 3 is 2.58 bits per heavy atom. The monoisotopic (exact) mass is 519 g/mol. The van der Waals surface area contributed by atoms with Crippen LogP contribution in [0.4, 0.5) is 30.4 Å². The van der Waals surface area contributed by atoms with Gasteiger partial charge in [-0.1, -0.05) is 6.07 Å². The van der Waals surface area contributed by atoms with Crippen molar-refractivity contribution in [2.24, 2.45) is 13.0 Å². The predicted molar refractivity (Wildman–Crippen MR) is 126 cm³/mol. The van der Waals surface area contributed by atoms with Gasteiger partial charge in [0, 0.05) is 31.1 Å². The van der Waals surface area contributed by atoms with Gasteiger partial charge >= 0.3 is 0 Å². The summed E-state index contributed by atoms with van der Waals surface area (Å²) in [6.45, 7) is 0. The molecule has 1 aliphatic rings. The quantitative estimate of drug-likeness (QED) is 0.339. The average molecular weight is 520 g/mol. The van der Waals surface area contributed by atoms with Crippen molar-refractivity contribution in [2.45, 2.75) is 23.9 Å². The van der Waals surface area contributed by atoms with Crippen molar-refractivity contribution < 1.29 is 26.4 Å². The van der Waals surface area contributed by atoms with Crippen LogP contribution in [0.15, 0.2) is 41.7 Å². The number of carbonyl (C=O) groups is 1. The fourth-order valence-electron chi connectivity index (χ4n) is 3.72. The number of pyridine rings is 1. The topological polar surface area (TPSA) is 135 Å². The molecule has 36 heavy (non-hydrogen) atoms. The van der Waals surface area contributed by atoms with Gasteiger partial charge in [0.1, 0.15) is 17.5 Å². The zero-order valence-electron chi connectivity index (χ0n) is 19.0. The number of nitrogens with one attached hydrogen (secondary N) is 3. The molecule has 1 amide bonds. The summed E-state index contributed by atoms with van der Waals surface area (Å²) < 4.78 is 66.9. The number of aryl methyl sites for hydroxylation is 1. The number of aromatic amines is 1. The lowest BCUT2D eigenvalue weighted by Gasteiger charge is -2.14. The molecule has 2 atom stereocenters. The van der Waals surface area contributed by atoms with Crippen LogP contribution in [0, 0.1) is 5.92 Å². The second kappa shape index (κ2) is 8.62. The average Bonchev–Trinajstić information content (AvgIpc) is 3.17. The van der Waals surface area contributed by atoms with E-state index in [2.05, 4.69) is 30.6 Å². The number of hydrogen-bond donors (Lipinski definition) is 3. The van der Waals surface area contributed by atoms with E-state index in [0.717, 1.165) is 6.26 Å². The van der Waals surface area contributed by atoms with Crippen molar-refractivity contribution in [3.05, 3.63) is 42.6 Å². The number of H-pyrrole nitrogens is 1. The fraction of sp³-hybridized carbons (Fsp3) is 0.273. The molecule has 10 nitrogen and oxygen atoms in total. The van der Waals surface area contributed by atoms with E-state index >= 15 is 0 Å². The molecule has 4 aromatic rings. The molecular formula is C22H20F3N7O3S. The Labute approximate surface area is 202 Å². The molecule has 5 rings (SSSR count). The summed E-state index contributed by atoms with van der Waals surface area (Å²) in [6.07, 6.45) is 0.283. The first-order valence-electron chi connectivity index (χ1n) is 10.7. The van der Waals surface area contributed by atoms with Crippen molar-refractivity contribution in [3.8, 4) is 11.3 Å². The third kappa shape index (κ3) is 4.63. The summed E-state index contributed by atoms with van der Waals surface area (Å²) in [5, 5.41) is 5.40. The number of rotatable bonds is 7. The van der Waals surface area contributed by atoms with E-state index in [0.29, 0.717) is 11.3 Å². The van der Waals surface area contributed by atoms with Gasteiger partial charge in [-0.05, 0) is 18.6 Å². The molecule has 0 radical (unpaired) electrons. The standard InChI is InChI=1S/C22H20F3N7O3S/c1-32-8-15(26-9-32)10-3-4-13(16(5-10)36(2,34)35)27-14-7-17(29-22(33)11-6-12(11)23)28-20-18(14)30-21(31-20)19(24)25/h3-5,7-9,11-12,19H,6H2,1-2H3,(H3,27,28,29,30,31,33)/t11-,12+/m1/s1. The number of hydrogen-bond acceptors (Lipinski definition) is 7. The molecule has 0 aliphatic heterocycles. The molecular weight excluding hydrogens is 499 g/mol. The van der Waals surface area contributed by atoms with Gasteiger partial charge in [-0.2, -0.15) is 0 Å². The van der Waals surface area contributed by atoms with Crippen molar-refractivity contribution in [1.29, 1.82) is 0 Å². The Kier molecular flexibility index (Phi) is 5.70. The molecule has 3 N–H and O–H groups in total. The summed E-state index contributed by atoms with van der Waals surface area (Å²) in [5.74, 6) is -2.08. The molecule has 3 heterocycles. The van der Waals surface area contributed by atoms with E-state index in [4.69, 9.17) is 0 Å². The highest BCUT2D eigenvalue weighted by Gasteiger charge is 2.43. The van der Waals surface area contributed by atoms with E-state index in [1.165, 1.54) is 18.2 Å². The van der Waals surface area contributed by atoms with Gasteiger partial charge in [0.25, 0.3) is 6.43 Å². The Hall–Kier alpha value is -3.94. The third-order valence-electron chi connectivity index (χ3n) is 5.63. The molecule has 1 saturated carbocycles. The smallest absolute Gasteiger partial charge is 0.295 e. The minimum absolute atomic E-state index is 0.00587. The van der Waals surface area contributed by atoms with Gasteiger partial charge in [0.15, 0.2) is 21.3 Å². The maximum atomic E-state index is 13.3. The second-order valence-corrected chi connectivity index (χ2v) is 10.5. The molecule has 188 valence electrons. The summed E-state index contributed by atoms with van der Waals surface area (Å²) in [5.41, 5.74) is 1.32. The number of anilines is 3. The molecule has 1 aromatic carbocycles. The summed E-state index contributed by atoms with van der Waals surface area (Å²) in [4.78, 5) is 26.8. The SMILES string of the molecule is Cn1cnc(-c2ccc(Nc3cc(NC(=O)[C@@H]4C[C@@H]4F)nc4[nH]c(C(F)F)nc34)c(S(C)(=O)=O)c2)c1. The number of carbonyl (C=O) groups excluding carboxylic acids is 1. The van der Waals surface area contributed by atoms with Gasteiger partial charge in [-0.25, -0.2) is 36.5 Å². The Morgan fingerprint density at radius 1 is 1.22 bits per heavy atom. The van der Waals surface area contributed by atoms with Crippen LogP contribution in [-0.4, -0.2) is 51.3 Å². The van der Waals surface area contributed by atoms with Crippen molar-refractivity contribution in [2.75, 3.05) is 16.9 Å². The van der Waals surface area contributed by atoms with Crippen LogP contribution in [0.5, 0.6) is 0 Å². The highest BCUT2D eigenvalue weighted by Crippen LogP contribution is 2.36. The van der Waals surface area contributed by atoms with E-state index in [1.807, 2.05) is 0 Å². The predicted octanol–water partition coefficient (Wildman–Crippen LogP) is 3.74.